The first-order valence-electron chi connectivity index (χ1n) is 8.72. The van der Waals surface area contributed by atoms with Gasteiger partial charge in [0.15, 0.2) is 0 Å². The normalized spacial score (nSPS) is 14.9. The second-order valence-electron chi connectivity index (χ2n) is 6.35. The van der Waals surface area contributed by atoms with Gasteiger partial charge in [-0.1, -0.05) is 41.7 Å². The number of carbonyl (C=O) groups is 2. The van der Waals surface area contributed by atoms with Gasteiger partial charge in [0.2, 0.25) is 11.0 Å². The van der Waals surface area contributed by atoms with E-state index in [2.05, 4.69) is 15.5 Å². The molecular formula is C19H18N4O3S. The number of hydrogen-bond acceptors (Lipinski definition) is 6. The molecule has 8 heteroatoms. The van der Waals surface area contributed by atoms with Crippen molar-refractivity contribution in [1.29, 1.82) is 0 Å². The molecule has 1 saturated heterocycles. The molecule has 3 heterocycles. The third-order valence-corrected chi connectivity index (χ3v) is 5.48. The Morgan fingerprint density at radius 3 is 2.59 bits per heavy atom. The van der Waals surface area contributed by atoms with E-state index < -0.39 is 0 Å². The van der Waals surface area contributed by atoms with Crippen molar-refractivity contribution in [2.45, 2.75) is 12.8 Å². The number of likely N-dealkylation sites (tertiary alicyclic amines) is 1. The third kappa shape index (κ3) is 3.90. The summed E-state index contributed by atoms with van der Waals surface area (Å²) in [6.45, 7) is 1.10. The highest BCUT2D eigenvalue weighted by molar-refractivity contribution is 7.18. The lowest BCUT2D eigenvalue weighted by molar-refractivity contribution is -0.121. The molecule has 0 radical (unpaired) electrons. The number of piperidine rings is 1. The summed E-state index contributed by atoms with van der Waals surface area (Å²) < 4.78 is 4.96. The van der Waals surface area contributed by atoms with E-state index >= 15 is 0 Å². The van der Waals surface area contributed by atoms with Crippen LogP contribution in [-0.2, 0) is 4.79 Å². The van der Waals surface area contributed by atoms with E-state index in [0.29, 0.717) is 36.6 Å². The molecule has 0 saturated carbocycles. The fourth-order valence-electron chi connectivity index (χ4n) is 3.09. The molecule has 27 heavy (non-hydrogen) atoms. The minimum atomic E-state index is -0.137. The van der Waals surface area contributed by atoms with Gasteiger partial charge in [-0.3, -0.25) is 9.59 Å². The number of furan rings is 1. The van der Waals surface area contributed by atoms with Crippen molar-refractivity contribution in [3.05, 3.63) is 54.5 Å². The number of benzene rings is 1. The van der Waals surface area contributed by atoms with Crippen LogP contribution >= 0.6 is 11.3 Å². The van der Waals surface area contributed by atoms with Crippen LogP contribution in [0.4, 0.5) is 5.13 Å². The Labute approximate surface area is 160 Å². The molecule has 1 fully saturated rings. The average Bonchev–Trinajstić information content (AvgIpc) is 3.40. The Morgan fingerprint density at radius 2 is 1.89 bits per heavy atom. The van der Waals surface area contributed by atoms with Crippen molar-refractivity contribution >= 4 is 28.3 Å². The molecule has 0 spiro atoms. The Morgan fingerprint density at radius 1 is 1.11 bits per heavy atom. The predicted octanol–water partition coefficient (Wildman–Crippen LogP) is 3.29. The number of nitrogens with one attached hydrogen (secondary N) is 1. The summed E-state index contributed by atoms with van der Waals surface area (Å²) in [5.74, 6) is -0.261. The van der Waals surface area contributed by atoms with Gasteiger partial charge >= 0.3 is 0 Å². The maximum absolute atomic E-state index is 12.5. The fraction of sp³-hybridized carbons (Fsp3) is 0.263. The minimum absolute atomic E-state index is 0.0563. The summed E-state index contributed by atoms with van der Waals surface area (Å²) in [5.41, 5.74) is 1.52. The van der Waals surface area contributed by atoms with Crippen LogP contribution in [0, 0.1) is 5.92 Å². The summed E-state index contributed by atoms with van der Waals surface area (Å²) in [7, 11) is 0. The van der Waals surface area contributed by atoms with E-state index in [-0.39, 0.29) is 17.7 Å². The van der Waals surface area contributed by atoms with Gasteiger partial charge < -0.3 is 14.6 Å². The highest BCUT2D eigenvalue weighted by Gasteiger charge is 2.28. The van der Waals surface area contributed by atoms with Crippen LogP contribution in [0.5, 0.6) is 0 Å². The van der Waals surface area contributed by atoms with Crippen molar-refractivity contribution < 1.29 is 14.0 Å². The second-order valence-corrected chi connectivity index (χ2v) is 7.32. The summed E-state index contributed by atoms with van der Waals surface area (Å²) in [6.07, 6.45) is 4.18. The molecular weight excluding hydrogens is 364 g/mol. The maximum atomic E-state index is 12.5. The maximum Gasteiger partial charge on any atom is 0.257 e. The van der Waals surface area contributed by atoms with E-state index in [1.54, 1.807) is 11.0 Å². The number of nitrogens with zero attached hydrogens (tertiary/aromatic N) is 3. The summed E-state index contributed by atoms with van der Waals surface area (Å²) in [4.78, 5) is 26.6. The summed E-state index contributed by atoms with van der Waals surface area (Å²) in [6, 6.07) is 11.4. The summed E-state index contributed by atoms with van der Waals surface area (Å²) in [5, 5.41) is 12.3. The molecule has 3 aromatic rings. The van der Waals surface area contributed by atoms with Crippen molar-refractivity contribution in [3.8, 4) is 10.6 Å². The van der Waals surface area contributed by atoms with Gasteiger partial charge in [-0.15, -0.1) is 10.2 Å². The average molecular weight is 382 g/mol. The van der Waals surface area contributed by atoms with E-state index in [1.165, 1.54) is 23.9 Å². The molecule has 1 N–H and O–H groups in total. The van der Waals surface area contributed by atoms with Crippen molar-refractivity contribution in [1.82, 2.24) is 15.1 Å². The quantitative estimate of drug-likeness (QED) is 0.748. The number of rotatable bonds is 4. The topological polar surface area (TPSA) is 88.3 Å². The van der Waals surface area contributed by atoms with Crippen molar-refractivity contribution in [2.75, 3.05) is 18.4 Å². The van der Waals surface area contributed by atoms with Crippen LogP contribution in [-0.4, -0.2) is 40.0 Å². The van der Waals surface area contributed by atoms with Crippen molar-refractivity contribution in [2.24, 2.45) is 5.92 Å². The van der Waals surface area contributed by atoms with Gasteiger partial charge in [-0.2, -0.15) is 0 Å². The van der Waals surface area contributed by atoms with Crippen LogP contribution < -0.4 is 5.32 Å². The van der Waals surface area contributed by atoms with Crippen LogP contribution in [0.25, 0.3) is 10.6 Å². The van der Waals surface area contributed by atoms with E-state index in [9.17, 15) is 9.59 Å². The molecule has 0 bridgehead atoms. The molecule has 1 aliphatic heterocycles. The standard InChI is InChI=1S/C19H18N4O3S/c24-16(20-19-22-21-17(27-19)14-4-2-1-3-5-14)13-6-9-23(10-7-13)18(25)15-8-11-26-12-15/h1-5,8,11-13H,6-7,9-10H2,(H,20,22,24). The molecule has 0 unspecified atom stereocenters. The lowest BCUT2D eigenvalue weighted by Crippen LogP contribution is -2.41. The molecule has 7 nitrogen and oxygen atoms in total. The van der Waals surface area contributed by atoms with Crippen LogP contribution in [0.2, 0.25) is 0 Å². The van der Waals surface area contributed by atoms with E-state index in [1.807, 2.05) is 30.3 Å². The monoisotopic (exact) mass is 382 g/mol. The molecule has 138 valence electrons. The minimum Gasteiger partial charge on any atom is -0.472 e. The van der Waals surface area contributed by atoms with Gasteiger partial charge in [-0.25, -0.2) is 0 Å². The van der Waals surface area contributed by atoms with Gasteiger partial charge in [-0.05, 0) is 18.9 Å². The van der Waals surface area contributed by atoms with E-state index in [4.69, 9.17) is 4.42 Å². The SMILES string of the molecule is O=C(Nc1nnc(-c2ccccc2)s1)C1CCN(C(=O)c2ccoc2)CC1. The Kier molecular flexibility index (Phi) is 4.97. The molecule has 1 aliphatic rings. The zero-order valence-corrected chi connectivity index (χ0v) is 15.3. The number of hydrogen-bond donors (Lipinski definition) is 1. The van der Waals surface area contributed by atoms with Gasteiger partial charge in [0.05, 0.1) is 11.8 Å². The van der Waals surface area contributed by atoms with Crippen molar-refractivity contribution in [3.63, 3.8) is 0 Å². The third-order valence-electron chi connectivity index (χ3n) is 4.60. The highest BCUT2D eigenvalue weighted by atomic mass is 32.1. The second kappa shape index (κ2) is 7.71. The number of anilines is 1. The Bertz CT molecular complexity index is 916. The van der Waals surface area contributed by atoms with E-state index in [0.717, 1.165) is 10.6 Å². The number of aromatic nitrogens is 2. The lowest BCUT2D eigenvalue weighted by Gasteiger charge is -2.30. The van der Waals surface area contributed by atoms with Gasteiger partial charge in [0, 0.05) is 24.6 Å². The fourth-order valence-corrected chi connectivity index (χ4v) is 3.84. The first-order valence-corrected chi connectivity index (χ1v) is 9.53. The molecule has 1 aromatic carbocycles. The molecule has 2 amide bonds. The van der Waals surface area contributed by atoms with Crippen LogP contribution in [0.1, 0.15) is 23.2 Å². The zero-order chi connectivity index (χ0) is 18.6. The molecule has 0 atom stereocenters. The van der Waals surface area contributed by atoms with Gasteiger partial charge in [0.1, 0.15) is 11.3 Å². The Hall–Kier alpha value is -3.00. The number of amides is 2. The van der Waals surface area contributed by atoms with Gasteiger partial charge in [0.25, 0.3) is 5.91 Å². The summed E-state index contributed by atoms with van der Waals surface area (Å²) >= 11 is 1.35. The lowest BCUT2D eigenvalue weighted by atomic mass is 9.95. The number of carbonyl (C=O) groups excluding carboxylic acids is 2. The van der Waals surface area contributed by atoms with Crippen LogP contribution in [0.3, 0.4) is 0 Å². The smallest absolute Gasteiger partial charge is 0.257 e. The largest absolute Gasteiger partial charge is 0.472 e. The Balaban J connectivity index is 1.32. The predicted molar refractivity (Wildman–Crippen MR) is 101 cm³/mol. The highest BCUT2D eigenvalue weighted by Crippen LogP contribution is 2.27. The zero-order valence-electron chi connectivity index (χ0n) is 14.5. The molecule has 4 rings (SSSR count). The molecule has 2 aromatic heterocycles. The van der Waals surface area contributed by atoms with Crippen LogP contribution in [0.15, 0.2) is 53.3 Å². The molecule has 0 aliphatic carbocycles. The first kappa shape index (κ1) is 17.4. The first-order chi connectivity index (χ1) is 13.2.